The minimum absolute atomic E-state index is 0.161. The van der Waals surface area contributed by atoms with E-state index in [0.29, 0.717) is 0 Å². The standard InChI is InChI=1S/C12H20N2/c1-3-4-5-6-12(13)11-7-10(2)8-14-9-11/h7-9,12H,3-6,13H2,1-2H3. The van der Waals surface area contributed by atoms with Crippen LogP contribution in [0.4, 0.5) is 0 Å². The Morgan fingerprint density at radius 1 is 1.36 bits per heavy atom. The molecule has 0 aliphatic carbocycles. The molecular formula is C12H20N2. The number of aromatic nitrogens is 1. The van der Waals surface area contributed by atoms with Crippen LogP contribution in [0.15, 0.2) is 18.5 Å². The van der Waals surface area contributed by atoms with Crippen LogP contribution in [0.3, 0.4) is 0 Å². The Morgan fingerprint density at radius 2 is 2.14 bits per heavy atom. The van der Waals surface area contributed by atoms with Crippen LogP contribution >= 0.6 is 0 Å². The molecule has 1 unspecified atom stereocenters. The molecule has 0 aromatic carbocycles. The first-order valence-electron chi connectivity index (χ1n) is 5.41. The van der Waals surface area contributed by atoms with Crippen LogP contribution in [-0.4, -0.2) is 4.98 Å². The Morgan fingerprint density at radius 3 is 2.79 bits per heavy atom. The van der Waals surface area contributed by atoms with E-state index in [0.717, 1.165) is 6.42 Å². The van der Waals surface area contributed by atoms with Crippen molar-refractivity contribution in [3.63, 3.8) is 0 Å². The summed E-state index contributed by atoms with van der Waals surface area (Å²) in [6.45, 7) is 4.26. The Labute approximate surface area is 86.5 Å². The number of nitrogens with two attached hydrogens (primary N) is 1. The zero-order valence-corrected chi connectivity index (χ0v) is 9.16. The first kappa shape index (κ1) is 11.2. The van der Waals surface area contributed by atoms with Gasteiger partial charge < -0.3 is 5.73 Å². The topological polar surface area (TPSA) is 38.9 Å². The minimum Gasteiger partial charge on any atom is -0.324 e. The van der Waals surface area contributed by atoms with Crippen molar-refractivity contribution in [2.75, 3.05) is 0 Å². The molecular weight excluding hydrogens is 172 g/mol. The number of hydrogen-bond donors (Lipinski definition) is 1. The van der Waals surface area contributed by atoms with Crippen LogP contribution < -0.4 is 5.73 Å². The predicted molar refractivity (Wildman–Crippen MR) is 60.0 cm³/mol. The van der Waals surface area contributed by atoms with Crippen LogP contribution in [0.5, 0.6) is 0 Å². The molecule has 0 saturated heterocycles. The average Bonchev–Trinajstić information content (AvgIpc) is 2.18. The number of aryl methyl sites for hydroxylation is 1. The number of unbranched alkanes of at least 4 members (excludes halogenated alkanes) is 2. The van der Waals surface area contributed by atoms with E-state index in [9.17, 15) is 0 Å². The highest BCUT2D eigenvalue weighted by Crippen LogP contribution is 2.16. The predicted octanol–water partition coefficient (Wildman–Crippen LogP) is 2.97. The van der Waals surface area contributed by atoms with E-state index in [-0.39, 0.29) is 6.04 Å². The summed E-state index contributed by atoms with van der Waals surface area (Å²) in [5.41, 5.74) is 8.42. The second kappa shape index (κ2) is 5.76. The molecule has 1 heterocycles. The summed E-state index contributed by atoms with van der Waals surface area (Å²) in [6, 6.07) is 2.29. The summed E-state index contributed by atoms with van der Waals surface area (Å²) in [6.07, 6.45) is 8.54. The van der Waals surface area contributed by atoms with Gasteiger partial charge in [-0.05, 0) is 24.5 Å². The SMILES string of the molecule is CCCCCC(N)c1cncc(C)c1. The smallest absolute Gasteiger partial charge is 0.0315 e. The van der Waals surface area contributed by atoms with Gasteiger partial charge >= 0.3 is 0 Å². The molecule has 1 aromatic heterocycles. The van der Waals surface area contributed by atoms with E-state index in [1.165, 1.54) is 30.4 Å². The van der Waals surface area contributed by atoms with E-state index < -0.39 is 0 Å². The third kappa shape index (κ3) is 3.46. The van der Waals surface area contributed by atoms with E-state index >= 15 is 0 Å². The summed E-state index contributed by atoms with van der Waals surface area (Å²) in [5, 5.41) is 0. The normalized spacial score (nSPS) is 12.8. The molecule has 0 aliphatic rings. The molecule has 14 heavy (non-hydrogen) atoms. The van der Waals surface area contributed by atoms with Gasteiger partial charge in [0, 0.05) is 18.4 Å². The molecule has 0 saturated carbocycles. The van der Waals surface area contributed by atoms with Crippen molar-refractivity contribution in [3.05, 3.63) is 29.6 Å². The van der Waals surface area contributed by atoms with Crippen LogP contribution in [0.1, 0.15) is 49.8 Å². The lowest BCUT2D eigenvalue weighted by atomic mass is 10.0. The molecule has 0 radical (unpaired) electrons. The van der Waals surface area contributed by atoms with Crippen LogP contribution in [0.2, 0.25) is 0 Å². The number of rotatable bonds is 5. The van der Waals surface area contributed by atoms with Crippen molar-refractivity contribution in [1.82, 2.24) is 4.98 Å². The van der Waals surface area contributed by atoms with E-state index in [4.69, 9.17) is 5.73 Å². The quantitative estimate of drug-likeness (QED) is 0.728. The van der Waals surface area contributed by atoms with E-state index in [2.05, 4.69) is 24.9 Å². The molecule has 2 N–H and O–H groups in total. The highest BCUT2D eigenvalue weighted by molar-refractivity contribution is 5.19. The van der Waals surface area contributed by atoms with Crippen molar-refractivity contribution in [2.45, 2.75) is 45.6 Å². The lowest BCUT2D eigenvalue weighted by Crippen LogP contribution is -2.10. The highest BCUT2D eigenvalue weighted by Gasteiger charge is 2.05. The largest absolute Gasteiger partial charge is 0.324 e. The highest BCUT2D eigenvalue weighted by atomic mass is 14.7. The van der Waals surface area contributed by atoms with Gasteiger partial charge in [-0.3, -0.25) is 4.98 Å². The molecule has 0 fully saturated rings. The van der Waals surface area contributed by atoms with Gasteiger partial charge in [0.05, 0.1) is 0 Å². The number of nitrogens with zero attached hydrogens (tertiary/aromatic N) is 1. The molecule has 0 spiro atoms. The third-order valence-electron chi connectivity index (χ3n) is 2.44. The fraction of sp³-hybridized carbons (Fsp3) is 0.583. The lowest BCUT2D eigenvalue weighted by Gasteiger charge is -2.11. The average molecular weight is 192 g/mol. The lowest BCUT2D eigenvalue weighted by molar-refractivity contribution is 0.579. The van der Waals surface area contributed by atoms with E-state index in [1.807, 2.05) is 12.4 Å². The van der Waals surface area contributed by atoms with Gasteiger partial charge in [0.15, 0.2) is 0 Å². The zero-order valence-electron chi connectivity index (χ0n) is 9.16. The second-order valence-corrected chi connectivity index (χ2v) is 3.90. The Hall–Kier alpha value is -0.890. The van der Waals surface area contributed by atoms with Gasteiger partial charge in [0.25, 0.3) is 0 Å². The third-order valence-corrected chi connectivity index (χ3v) is 2.44. The summed E-state index contributed by atoms with van der Waals surface area (Å²) in [5.74, 6) is 0. The first-order chi connectivity index (χ1) is 6.74. The van der Waals surface area contributed by atoms with Crippen molar-refractivity contribution in [1.29, 1.82) is 0 Å². The maximum Gasteiger partial charge on any atom is 0.0315 e. The van der Waals surface area contributed by atoms with Crippen molar-refractivity contribution in [2.24, 2.45) is 5.73 Å². The number of hydrogen-bond acceptors (Lipinski definition) is 2. The molecule has 2 nitrogen and oxygen atoms in total. The molecule has 1 atom stereocenters. The van der Waals surface area contributed by atoms with Crippen molar-refractivity contribution < 1.29 is 0 Å². The van der Waals surface area contributed by atoms with Crippen molar-refractivity contribution in [3.8, 4) is 0 Å². The van der Waals surface area contributed by atoms with Crippen LogP contribution in [-0.2, 0) is 0 Å². The zero-order chi connectivity index (χ0) is 10.4. The summed E-state index contributed by atoms with van der Waals surface area (Å²) < 4.78 is 0. The van der Waals surface area contributed by atoms with Gasteiger partial charge in [-0.1, -0.05) is 32.3 Å². The first-order valence-corrected chi connectivity index (χ1v) is 5.41. The molecule has 0 amide bonds. The Kier molecular flexibility index (Phi) is 4.60. The molecule has 1 aromatic rings. The van der Waals surface area contributed by atoms with E-state index in [1.54, 1.807) is 0 Å². The van der Waals surface area contributed by atoms with Gasteiger partial charge in [0.1, 0.15) is 0 Å². The summed E-state index contributed by atoms with van der Waals surface area (Å²) >= 11 is 0. The molecule has 2 heteroatoms. The summed E-state index contributed by atoms with van der Waals surface area (Å²) in [7, 11) is 0. The molecule has 0 bridgehead atoms. The molecule has 1 rings (SSSR count). The Bertz CT molecular complexity index is 271. The van der Waals surface area contributed by atoms with Crippen molar-refractivity contribution >= 4 is 0 Å². The Balaban J connectivity index is 2.47. The van der Waals surface area contributed by atoms with Gasteiger partial charge in [-0.2, -0.15) is 0 Å². The maximum absolute atomic E-state index is 6.06. The molecule has 0 aliphatic heterocycles. The van der Waals surface area contributed by atoms with Gasteiger partial charge in [-0.15, -0.1) is 0 Å². The van der Waals surface area contributed by atoms with Gasteiger partial charge in [-0.25, -0.2) is 0 Å². The minimum atomic E-state index is 0.161. The monoisotopic (exact) mass is 192 g/mol. The van der Waals surface area contributed by atoms with Crippen LogP contribution in [0.25, 0.3) is 0 Å². The fourth-order valence-corrected chi connectivity index (χ4v) is 1.56. The maximum atomic E-state index is 6.06. The van der Waals surface area contributed by atoms with Gasteiger partial charge in [0.2, 0.25) is 0 Å². The number of pyridine rings is 1. The fourth-order valence-electron chi connectivity index (χ4n) is 1.56. The second-order valence-electron chi connectivity index (χ2n) is 3.90. The summed E-state index contributed by atoms with van der Waals surface area (Å²) in [4.78, 5) is 4.15. The molecule has 78 valence electrons. The van der Waals surface area contributed by atoms with Crippen LogP contribution in [0, 0.1) is 6.92 Å².